The zero-order chi connectivity index (χ0) is 27.3. The summed E-state index contributed by atoms with van der Waals surface area (Å²) < 4.78 is 2.04. The minimum absolute atomic E-state index is 0.0414. The zero-order valence-electron chi connectivity index (χ0n) is 22.3. The van der Waals surface area contributed by atoms with Crippen molar-refractivity contribution < 1.29 is 4.79 Å². The average molecular weight is 593 g/mol. The van der Waals surface area contributed by atoms with Crippen LogP contribution in [0.2, 0.25) is 0 Å². The Balaban J connectivity index is 1.45. The SMILES string of the molecule is O=C(C1C=CC=CC1Br)n1c2ccccc2c2ccc3c(c21)C1=C(C=CCC1)C31c2ccccc2-c2ccccc21. The first kappa shape index (κ1) is 23.5. The van der Waals surface area contributed by atoms with E-state index in [-0.39, 0.29) is 16.7 Å². The van der Waals surface area contributed by atoms with Gasteiger partial charge in [0.15, 0.2) is 0 Å². The molecule has 0 N–H and O–H groups in total. The monoisotopic (exact) mass is 591 g/mol. The Bertz CT molecular complexity index is 2060. The lowest BCUT2D eigenvalue weighted by atomic mass is 9.69. The normalized spacial score (nSPS) is 21.0. The molecule has 2 atom stereocenters. The second-order valence-corrected chi connectivity index (χ2v) is 12.5. The number of fused-ring (bicyclic) bond motifs is 13. The first-order chi connectivity index (χ1) is 20.2. The van der Waals surface area contributed by atoms with E-state index in [1.807, 2.05) is 28.9 Å². The van der Waals surface area contributed by atoms with Crippen LogP contribution in [0.1, 0.15) is 39.9 Å². The van der Waals surface area contributed by atoms with Crippen LogP contribution in [0.3, 0.4) is 0 Å². The van der Waals surface area contributed by atoms with Crippen LogP contribution < -0.4 is 0 Å². The van der Waals surface area contributed by atoms with Crippen LogP contribution in [-0.2, 0) is 5.41 Å². The zero-order valence-corrected chi connectivity index (χ0v) is 23.9. The Kier molecular flexibility index (Phi) is 4.82. The number of alkyl halides is 1. The molecule has 0 saturated carbocycles. The fraction of sp³-hybridized carbons (Fsp3) is 0.132. The Hall–Kier alpha value is -4.21. The van der Waals surface area contributed by atoms with Gasteiger partial charge in [0.25, 0.3) is 0 Å². The van der Waals surface area contributed by atoms with Gasteiger partial charge in [-0.05, 0) is 57.9 Å². The number of halogens is 1. The maximum atomic E-state index is 14.6. The molecule has 0 bridgehead atoms. The number of aromatic nitrogens is 1. The summed E-state index contributed by atoms with van der Waals surface area (Å²) in [5.41, 5.74) is 12.2. The van der Waals surface area contributed by atoms with Crippen molar-refractivity contribution in [1.82, 2.24) is 4.57 Å². The Labute approximate surface area is 247 Å². The molecule has 1 aromatic heterocycles. The van der Waals surface area contributed by atoms with Gasteiger partial charge in [0.05, 0.1) is 22.4 Å². The summed E-state index contributed by atoms with van der Waals surface area (Å²) in [7, 11) is 0. The van der Waals surface area contributed by atoms with Crippen LogP contribution in [0, 0.1) is 5.92 Å². The molecule has 4 aliphatic rings. The predicted molar refractivity (Wildman–Crippen MR) is 172 cm³/mol. The molecule has 41 heavy (non-hydrogen) atoms. The van der Waals surface area contributed by atoms with E-state index < -0.39 is 5.41 Å². The van der Waals surface area contributed by atoms with Gasteiger partial charge in [0.2, 0.25) is 5.91 Å². The highest BCUT2D eigenvalue weighted by atomic mass is 79.9. The van der Waals surface area contributed by atoms with Gasteiger partial charge in [-0.15, -0.1) is 0 Å². The maximum Gasteiger partial charge on any atom is 0.239 e. The molecule has 4 aromatic carbocycles. The summed E-state index contributed by atoms with van der Waals surface area (Å²) in [6, 6.07) is 30.9. The summed E-state index contributed by atoms with van der Waals surface area (Å²) in [6.45, 7) is 0. The molecule has 2 unspecified atom stereocenters. The van der Waals surface area contributed by atoms with Crippen molar-refractivity contribution in [2.45, 2.75) is 23.1 Å². The third kappa shape index (κ3) is 2.85. The third-order valence-electron chi connectivity index (χ3n) is 9.64. The summed E-state index contributed by atoms with van der Waals surface area (Å²) in [6.07, 6.45) is 14.8. The number of allylic oxidation sites excluding steroid dienone is 8. The minimum Gasteiger partial charge on any atom is -0.279 e. The van der Waals surface area contributed by atoms with Crippen molar-refractivity contribution in [2.75, 3.05) is 0 Å². The lowest BCUT2D eigenvalue weighted by Crippen LogP contribution is -2.28. The molecule has 4 aliphatic carbocycles. The fourth-order valence-electron chi connectivity index (χ4n) is 8.09. The van der Waals surface area contributed by atoms with Crippen LogP contribution in [0.15, 0.2) is 127 Å². The third-order valence-corrected chi connectivity index (χ3v) is 10.5. The first-order valence-corrected chi connectivity index (χ1v) is 15.3. The molecule has 5 aromatic rings. The number of benzene rings is 4. The van der Waals surface area contributed by atoms with E-state index in [1.54, 1.807) is 0 Å². The standard InChI is InChI=1S/C38H26BrNO/c39-33-19-9-4-15-28(33)37(41)40-34-20-10-5-13-25(34)26-21-22-32-35(36(26)40)27-14-3-8-18-31(27)38(32)29-16-6-1-11-23(29)24-12-2-7-17-30(24)38/h1-2,4-13,15-22,28,33H,3,14H2. The van der Waals surface area contributed by atoms with E-state index in [9.17, 15) is 4.79 Å². The average Bonchev–Trinajstić information content (AvgIpc) is 3.63. The van der Waals surface area contributed by atoms with Crippen molar-refractivity contribution in [3.05, 3.63) is 149 Å². The molecule has 9 rings (SSSR count). The second-order valence-electron chi connectivity index (χ2n) is 11.5. The van der Waals surface area contributed by atoms with Crippen molar-refractivity contribution in [1.29, 1.82) is 0 Å². The Morgan fingerprint density at radius 1 is 0.780 bits per heavy atom. The predicted octanol–water partition coefficient (Wildman–Crippen LogP) is 9.37. The number of rotatable bonds is 1. The Morgan fingerprint density at radius 3 is 2.27 bits per heavy atom. The fourth-order valence-corrected chi connectivity index (χ4v) is 8.67. The van der Waals surface area contributed by atoms with E-state index in [0.717, 1.165) is 34.6 Å². The number of carbonyl (C=O) groups is 1. The molecule has 0 saturated heterocycles. The van der Waals surface area contributed by atoms with Crippen molar-refractivity contribution >= 4 is 49.2 Å². The van der Waals surface area contributed by atoms with Gasteiger partial charge in [-0.2, -0.15) is 0 Å². The first-order valence-electron chi connectivity index (χ1n) is 14.4. The number of nitrogens with zero attached hydrogens (tertiary/aromatic N) is 1. The lowest BCUT2D eigenvalue weighted by Gasteiger charge is -2.32. The van der Waals surface area contributed by atoms with E-state index in [0.29, 0.717) is 0 Å². The van der Waals surface area contributed by atoms with E-state index >= 15 is 0 Å². The molecule has 0 aliphatic heterocycles. The lowest BCUT2D eigenvalue weighted by molar-refractivity contribution is 0.0876. The number of hydrogen-bond donors (Lipinski definition) is 0. The highest BCUT2D eigenvalue weighted by Gasteiger charge is 2.53. The van der Waals surface area contributed by atoms with Gasteiger partial charge in [-0.3, -0.25) is 9.36 Å². The highest BCUT2D eigenvalue weighted by molar-refractivity contribution is 9.09. The maximum absolute atomic E-state index is 14.6. The molecule has 0 radical (unpaired) electrons. The van der Waals surface area contributed by atoms with Crippen LogP contribution in [-0.4, -0.2) is 15.3 Å². The summed E-state index contributed by atoms with van der Waals surface area (Å²) in [5, 5.41) is 2.27. The smallest absolute Gasteiger partial charge is 0.239 e. The van der Waals surface area contributed by atoms with Crippen LogP contribution in [0.5, 0.6) is 0 Å². The van der Waals surface area contributed by atoms with E-state index in [1.165, 1.54) is 44.5 Å². The topological polar surface area (TPSA) is 22.0 Å². The molecular weight excluding hydrogens is 566 g/mol. The molecule has 0 amide bonds. The quantitative estimate of drug-likeness (QED) is 0.178. The molecular formula is C38H26BrNO. The molecule has 196 valence electrons. The molecule has 2 nitrogen and oxygen atoms in total. The van der Waals surface area contributed by atoms with Crippen LogP contribution >= 0.6 is 15.9 Å². The van der Waals surface area contributed by atoms with Crippen molar-refractivity contribution in [3.63, 3.8) is 0 Å². The van der Waals surface area contributed by atoms with Gasteiger partial charge in [-0.25, -0.2) is 0 Å². The summed E-state index contributed by atoms with van der Waals surface area (Å²) in [5.74, 6) is -0.174. The van der Waals surface area contributed by atoms with Crippen LogP contribution in [0.4, 0.5) is 0 Å². The van der Waals surface area contributed by atoms with Gasteiger partial charge < -0.3 is 0 Å². The molecule has 3 heteroatoms. The van der Waals surface area contributed by atoms with Crippen LogP contribution in [0.25, 0.3) is 38.5 Å². The minimum atomic E-state index is -0.390. The molecule has 1 spiro atoms. The van der Waals surface area contributed by atoms with Crippen molar-refractivity contribution in [2.24, 2.45) is 5.92 Å². The van der Waals surface area contributed by atoms with Gasteiger partial charge in [0, 0.05) is 21.2 Å². The second kappa shape index (κ2) is 8.41. The number of carbonyl (C=O) groups excluding carboxylic acids is 1. The highest BCUT2D eigenvalue weighted by Crippen LogP contribution is 2.64. The Morgan fingerprint density at radius 2 is 1.49 bits per heavy atom. The number of para-hydroxylation sites is 1. The van der Waals surface area contributed by atoms with E-state index in [4.69, 9.17) is 0 Å². The van der Waals surface area contributed by atoms with E-state index in [2.05, 4.69) is 113 Å². The van der Waals surface area contributed by atoms with Gasteiger partial charge in [0.1, 0.15) is 0 Å². The summed E-state index contributed by atoms with van der Waals surface area (Å²) >= 11 is 3.78. The van der Waals surface area contributed by atoms with Crippen molar-refractivity contribution in [3.8, 4) is 11.1 Å². The largest absolute Gasteiger partial charge is 0.279 e. The van der Waals surface area contributed by atoms with Gasteiger partial charge >= 0.3 is 0 Å². The number of hydrogen-bond acceptors (Lipinski definition) is 1. The van der Waals surface area contributed by atoms with Gasteiger partial charge in [-0.1, -0.05) is 131 Å². The molecule has 1 heterocycles. The summed E-state index contributed by atoms with van der Waals surface area (Å²) in [4.78, 5) is 14.5. The molecule has 0 fully saturated rings.